The number of piperazine rings is 1. The number of likely N-dealkylation sites (N-methyl/N-ethyl adjacent to an activating group) is 1. The van der Waals surface area contributed by atoms with Gasteiger partial charge in [-0.05, 0) is 49.9 Å². The van der Waals surface area contributed by atoms with Gasteiger partial charge in [0.05, 0.1) is 19.2 Å². The molecule has 2 amide bonds. The molecule has 146 valence electrons. The minimum Gasteiger partial charge on any atom is -0.497 e. The predicted octanol–water partition coefficient (Wildman–Crippen LogP) is 2.26. The summed E-state index contributed by atoms with van der Waals surface area (Å²) in [6, 6.07) is 17.0. The summed E-state index contributed by atoms with van der Waals surface area (Å²) in [6.07, 6.45) is 0.849. The molecule has 1 atom stereocenters. The molecule has 2 aliphatic heterocycles. The van der Waals surface area contributed by atoms with Crippen LogP contribution in [0.15, 0.2) is 54.6 Å². The molecule has 2 aromatic carbocycles. The number of likely N-dealkylation sites (tertiary alicyclic amines) is 1. The van der Waals surface area contributed by atoms with Crippen LogP contribution in [0, 0.1) is 0 Å². The average molecular weight is 379 g/mol. The Bertz CT molecular complexity index is 868. The number of para-hydroxylation sites is 1. The Morgan fingerprint density at radius 1 is 1.04 bits per heavy atom. The molecule has 28 heavy (non-hydrogen) atoms. The van der Waals surface area contributed by atoms with Gasteiger partial charge in [0.2, 0.25) is 5.91 Å². The van der Waals surface area contributed by atoms with Gasteiger partial charge in [0.25, 0.3) is 5.91 Å². The van der Waals surface area contributed by atoms with E-state index in [9.17, 15) is 9.59 Å². The number of carbonyl (C=O) groups excluding carboxylic acids is 2. The largest absolute Gasteiger partial charge is 0.497 e. The van der Waals surface area contributed by atoms with Gasteiger partial charge in [-0.2, -0.15) is 0 Å². The molecule has 0 bridgehead atoms. The van der Waals surface area contributed by atoms with Gasteiger partial charge in [0.15, 0.2) is 0 Å². The van der Waals surface area contributed by atoms with Crippen molar-refractivity contribution in [3.8, 4) is 5.75 Å². The Labute approximate surface area is 165 Å². The van der Waals surface area contributed by atoms with Gasteiger partial charge in [-0.3, -0.25) is 14.5 Å². The third-order valence-corrected chi connectivity index (χ3v) is 5.96. The van der Waals surface area contributed by atoms with Crippen molar-refractivity contribution in [2.45, 2.75) is 12.0 Å². The number of amides is 2. The lowest BCUT2D eigenvalue weighted by molar-refractivity contribution is -0.123. The number of rotatable bonds is 3. The summed E-state index contributed by atoms with van der Waals surface area (Å²) in [6.45, 7) is 2.26. The molecule has 6 heteroatoms. The van der Waals surface area contributed by atoms with Crippen molar-refractivity contribution < 1.29 is 14.3 Å². The van der Waals surface area contributed by atoms with E-state index in [4.69, 9.17) is 4.74 Å². The summed E-state index contributed by atoms with van der Waals surface area (Å²) in [5, 5.41) is 0. The third kappa shape index (κ3) is 3.24. The van der Waals surface area contributed by atoms with Crippen LogP contribution in [-0.2, 0) is 4.79 Å². The van der Waals surface area contributed by atoms with Crippen LogP contribution in [0.1, 0.15) is 16.8 Å². The monoisotopic (exact) mass is 379 g/mol. The number of hydrogen-bond donors (Lipinski definition) is 0. The van der Waals surface area contributed by atoms with E-state index in [0.29, 0.717) is 31.7 Å². The Hall–Kier alpha value is -2.86. The van der Waals surface area contributed by atoms with Gasteiger partial charge in [-0.15, -0.1) is 0 Å². The molecule has 2 heterocycles. The van der Waals surface area contributed by atoms with E-state index in [-0.39, 0.29) is 17.4 Å². The second kappa shape index (κ2) is 7.28. The lowest BCUT2D eigenvalue weighted by Gasteiger charge is -2.46. The van der Waals surface area contributed by atoms with Gasteiger partial charge >= 0.3 is 0 Å². The van der Waals surface area contributed by atoms with Crippen LogP contribution in [0.4, 0.5) is 5.69 Å². The SMILES string of the molecule is COc1ccc(C(=O)N2CC[C@]3(C2)CN(c2ccccc2)C(=O)CN3C)cc1. The number of ether oxygens (including phenoxy) is 1. The van der Waals surface area contributed by atoms with E-state index < -0.39 is 0 Å². The molecule has 0 radical (unpaired) electrons. The Morgan fingerprint density at radius 2 is 1.75 bits per heavy atom. The van der Waals surface area contributed by atoms with Crippen LogP contribution in [0.5, 0.6) is 5.75 Å². The van der Waals surface area contributed by atoms with Gasteiger partial charge in [-0.1, -0.05) is 18.2 Å². The molecule has 0 N–H and O–H groups in total. The first-order valence-corrected chi connectivity index (χ1v) is 9.52. The quantitative estimate of drug-likeness (QED) is 0.821. The zero-order valence-corrected chi connectivity index (χ0v) is 16.3. The molecule has 2 fully saturated rings. The summed E-state index contributed by atoms with van der Waals surface area (Å²) >= 11 is 0. The fourth-order valence-electron chi connectivity index (χ4n) is 4.19. The van der Waals surface area contributed by atoms with E-state index in [1.807, 2.05) is 59.3 Å². The molecule has 0 saturated carbocycles. The summed E-state index contributed by atoms with van der Waals surface area (Å²) in [4.78, 5) is 31.5. The number of methoxy groups -OCH3 is 1. The summed E-state index contributed by atoms with van der Waals surface area (Å²) in [7, 11) is 3.60. The highest BCUT2D eigenvalue weighted by Crippen LogP contribution is 2.34. The minimum atomic E-state index is -0.216. The Balaban J connectivity index is 1.53. The van der Waals surface area contributed by atoms with Crippen LogP contribution < -0.4 is 9.64 Å². The van der Waals surface area contributed by atoms with Crippen LogP contribution >= 0.6 is 0 Å². The fourth-order valence-corrected chi connectivity index (χ4v) is 4.19. The number of hydrogen-bond acceptors (Lipinski definition) is 4. The zero-order chi connectivity index (χ0) is 19.7. The maximum absolute atomic E-state index is 13.0. The molecule has 0 unspecified atom stereocenters. The second-order valence-corrected chi connectivity index (χ2v) is 7.60. The smallest absolute Gasteiger partial charge is 0.253 e. The van der Waals surface area contributed by atoms with E-state index in [2.05, 4.69) is 4.90 Å². The van der Waals surface area contributed by atoms with Crippen molar-refractivity contribution in [2.75, 3.05) is 45.2 Å². The highest BCUT2D eigenvalue weighted by Gasteiger charge is 2.48. The van der Waals surface area contributed by atoms with Crippen molar-refractivity contribution in [2.24, 2.45) is 0 Å². The number of carbonyl (C=O) groups is 2. The van der Waals surface area contributed by atoms with Crippen molar-refractivity contribution in [1.29, 1.82) is 0 Å². The van der Waals surface area contributed by atoms with Gasteiger partial charge in [0.1, 0.15) is 5.75 Å². The molecule has 0 aromatic heterocycles. The van der Waals surface area contributed by atoms with Gasteiger partial charge < -0.3 is 14.5 Å². The molecule has 0 aliphatic carbocycles. The summed E-state index contributed by atoms with van der Waals surface area (Å²) in [5.41, 5.74) is 1.36. The second-order valence-electron chi connectivity index (χ2n) is 7.60. The van der Waals surface area contributed by atoms with Crippen LogP contribution in [-0.4, -0.2) is 67.5 Å². The summed E-state index contributed by atoms with van der Waals surface area (Å²) < 4.78 is 5.17. The first-order chi connectivity index (χ1) is 13.5. The van der Waals surface area contributed by atoms with Crippen LogP contribution in [0.2, 0.25) is 0 Å². The highest BCUT2D eigenvalue weighted by molar-refractivity contribution is 5.97. The van der Waals surface area contributed by atoms with Crippen LogP contribution in [0.3, 0.4) is 0 Å². The molecule has 1 spiro atoms. The normalized spacial score (nSPS) is 22.7. The predicted molar refractivity (Wildman–Crippen MR) is 108 cm³/mol. The van der Waals surface area contributed by atoms with Gasteiger partial charge in [0, 0.05) is 30.9 Å². The zero-order valence-electron chi connectivity index (χ0n) is 16.3. The van der Waals surface area contributed by atoms with E-state index >= 15 is 0 Å². The van der Waals surface area contributed by atoms with Crippen molar-refractivity contribution in [1.82, 2.24) is 9.80 Å². The third-order valence-electron chi connectivity index (χ3n) is 5.96. The van der Waals surface area contributed by atoms with Crippen LogP contribution in [0.25, 0.3) is 0 Å². The lowest BCUT2D eigenvalue weighted by Crippen LogP contribution is -2.64. The summed E-state index contributed by atoms with van der Waals surface area (Å²) in [5.74, 6) is 0.855. The molecule has 2 saturated heterocycles. The van der Waals surface area contributed by atoms with Crippen molar-refractivity contribution in [3.05, 3.63) is 60.2 Å². The topological polar surface area (TPSA) is 53.1 Å². The maximum atomic E-state index is 13.0. The van der Waals surface area contributed by atoms with E-state index in [1.54, 1.807) is 19.2 Å². The first kappa shape index (κ1) is 18.5. The molecular formula is C22H25N3O3. The first-order valence-electron chi connectivity index (χ1n) is 9.52. The highest BCUT2D eigenvalue weighted by atomic mass is 16.5. The lowest BCUT2D eigenvalue weighted by atomic mass is 9.92. The number of nitrogens with zero attached hydrogens (tertiary/aromatic N) is 3. The molecule has 4 rings (SSSR count). The Kier molecular flexibility index (Phi) is 4.81. The van der Waals surface area contributed by atoms with Crippen molar-refractivity contribution >= 4 is 17.5 Å². The molecular weight excluding hydrogens is 354 g/mol. The number of anilines is 1. The van der Waals surface area contributed by atoms with E-state index in [0.717, 1.165) is 17.9 Å². The molecule has 2 aliphatic rings. The Morgan fingerprint density at radius 3 is 2.43 bits per heavy atom. The van der Waals surface area contributed by atoms with Crippen molar-refractivity contribution in [3.63, 3.8) is 0 Å². The minimum absolute atomic E-state index is 0.0242. The fraction of sp³-hybridized carbons (Fsp3) is 0.364. The van der Waals surface area contributed by atoms with Gasteiger partial charge in [-0.25, -0.2) is 0 Å². The standard InChI is InChI=1S/C22H25N3O3/c1-23-14-20(26)25(18-6-4-3-5-7-18)16-22(23)12-13-24(15-22)21(27)17-8-10-19(28-2)11-9-17/h3-11H,12-16H2,1-2H3/t22-/m0/s1. The molecule has 2 aromatic rings. The average Bonchev–Trinajstić information content (AvgIpc) is 3.16. The van der Waals surface area contributed by atoms with E-state index in [1.165, 1.54) is 0 Å². The maximum Gasteiger partial charge on any atom is 0.253 e. The molecule has 6 nitrogen and oxygen atoms in total. The number of benzene rings is 2.